The van der Waals surface area contributed by atoms with Gasteiger partial charge < -0.3 is 15.8 Å². The molecule has 0 saturated heterocycles. The number of ether oxygens (including phenoxy) is 1. The van der Waals surface area contributed by atoms with Gasteiger partial charge in [0.25, 0.3) is 0 Å². The van der Waals surface area contributed by atoms with Gasteiger partial charge in [-0.05, 0) is 37.1 Å². The number of anilines is 3. The van der Waals surface area contributed by atoms with Crippen LogP contribution in [-0.2, 0) is 6.42 Å². The SMILES string of the molecule is CCOc1cc(Nc2ccccc2CC)ccc1N. The summed E-state index contributed by atoms with van der Waals surface area (Å²) in [5.41, 5.74) is 9.93. The summed E-state index contributed by atoms with van der Waals surface area (Å²) in [4.78, 5) is 0. The fourth-order valence-corrected chi connectivity index (χ4v) is 2.00. The van der Waals surface area contributed by atoms with E-state index in [1.165, 1.54) is 5.56 Å². The molecule has 3 nitrogen and oxygen atoms in total. The number of rotatable bonds is 5. The molecule has 0 amide bonds. The maximum atomic E-state index is 5.87. The lowest BCUT2D eigenvalue weighted by atomic mass is 10.1. The molecule has 3 heteroatoms. The van der Waals surface area contributed by atoms with Gasteiger partial charge in [0, 0.05) is 17.4 Å². The number of hydrogen-bond acceptors (Lipinski definition) is 3. The Labute approximate surface area is 114 Å². The second-order valence-electron chi connectivity index (χ2n) is 4.32. The Balaban J connectivity index is 2.25. The predicted molar refractivity (Wildman–Crippen MR) is 81.1 cm³/mol. The van der Waals surface area contributed by atoms with Gasteiger partial charge in [0.2, 0.25) is 0 Å². The van der Waals surface area contributed by atoms with Gasteiger partial charge in [-0.15, -0.1) is 0 Å². The highest BCUT2D eigenvalue weighted by Gasteiger charge is 2.04. The van der Waals surface area contributed by atoms with Crippen LogP contribution in [0.4, 0.5) is 17.1 Å². The third-order valence-corrected chi connectivity index (χ3v) is 2.99. The zero-order valence-corrected chi connectivity index (χ0v) is 11.4. The molecule has 2 rings (SSSR count). The molecule has 0 radical (unpaired) electrons. The molecule has 0 fully saturated rings. The summed E-state index contributed by atoms with van der Waals surface area (Å²) in [5, 5.41) is 3.41. The molecule has 0 heterocycles. The van der Waals surface area contributed by atoms with E-state index < -0.39 is 0 Å². The molecule has 0 aliphatic rings. The zero-order valence-electron chi connectivity index (χ0n) is 11.4. The molecule has 19 heavy (non-hydrogen) atoms. The van der Waals surface area contributed by atoms with Crippen LogP contribution >= 0.6 is 0 Å². The first-order chi connectivity index (χ1) is 9.24. The average Bonchev–Trinajstić information content (AvgIpc) is 2.43. The minimum absolute atomic E-state index is 0.610. The van der Waals surface area contributed by atoms with Crippen molar-refractivity contribution in [2.24, 2.45) is 0 Å². The van der Waals surface area contributed by atoms with Crippen LogP contribution in [0.2, 0.25) is 0 Å². The number of nitrogens with one attached hydrogen (secondary N) is 1. The Bertz CT molecular complexity index is 552. The summed E-state index contributed by atoms with van der Waals surface area (Å²) in [6, 6.07) is 14.1. The number of hydrogen-bond donors (Lipinski definition) is 2. The second-order valence-corrected chi connectivity index (χ2v) is 4.32. The largest absolute Gasteiger partial charge is 0.492 e. The maximum Gasteiger partial charge on any atom is 0.144 e. The van der Waals surface area contributed by atoms with Crippen LogP contribution in [0.3, 0.4) is 0 Å². The van der Waals surface area contributed by atoms with E-state index in [-0.39, 0.29) is 0 Å². The highest BCUT2D eigenvalue weighted by molar-refractivity contribution is 5.68. The highest BCUT2D eigenvalue weighted by Crippen LogP contribution is 2.28. The number of benzene rings is 2. The standard InChI is InChI=1S/C16H20N2O/c1-3-12-7-5-6-8-15(12)18-13-9-10-14(17)16(11-13)19-4-2/h5-11,18H,3-4,17H2,1-2H3. The summed E-state index contributed by atoms with van der Waals surface area (Å²) in [7, 11) is 0. The van der Waals surface area contributed by atoms with Crippen molar-refractivity contribution in [1.29, 1.82) is 0 Å². The molecule has 0 atom stereocenters. The highest BCUT2D eigenvalue weighted by atomic mass is 16.5. The van der Waals surface area contributed by atoms with Crippen molar-refractivity contribution in [1.82, 2.24) is 0 Å². The normalized spacial score (nSPS) is 10.2. The predicted octanol–water partition coefficient (Wildman–Crippen LogP) is 3.97. The molecule has 0 unspecified atom stereocenters. The van der Waals surface area contributed by atoms with Crippen LogP contribution in [0.5, 0.6) is 5.75 Å². The van der Waals surface area contributed by atoms with Gasteiger partial charge in [-0.2, -0.15) is 0 Å². The Kier molecular flexibility index (Phi) is 4.29. The molecule has 0 aliphatic carbocycles. The summed E-state index contributed by atoms with van der Waals surface area (Å²) in [6.45, 7) is 4.71. The summed E-state index contributed by atoms with van der Waals surface area (Å²) in [6.07, 6.45) is 0.996. The molecule has 0 saturated carbocycles. The van der Waals surface area contributed by atoms with Gasteiger partial charge in [0.15, 0.2) is 0 Å². The van der Waals surface area contributed by atoms with E-state index in [1.807, 2.05) is 31.2 Å². The van der Waals surface area contributed by atoms with Crippen molar-refractivity contribution in [3.05, 3.63) is 48.0 Å². The molecule has 0 bridgehead atoms. The molecule has 100 valence electrons. The fraction of sp³-hybridized carbons (Fsp3) is 0.250. The van der Waals surface area contributed by atoms with Crippen molar-refractivity contribution < 1.29 is 4.74 Å². The van der Waals surface area contributed by atoms with Crippen molar-refractivity contribution in [3.8, 4) is 5.75 Å². The Morgan fingerprint density at radius 3 is 2.63 bits per heavy atom. The van der Waals surface area contributed by atoms with E-state index >= 15 is 0 Å². The number of aryl methyl sites for hydroxylation is 1. The van der Waals surface area contributed by atoms with Gasteiger partial charge in [-0.3, -0.25) is 0 Å². The number of nitrogens with two attached hydrogens (primary N) is 1. The smallest absolute Gasteiger partial charge is 0.144 e. The first kappa shape index (κ1) is 13.3. The van der Waals surface area contributed by atoms with Gasteiger partial charge in [0.1, 0.15) is 5.75 Å². The third kappa shape index (κ3) is 3.19. The molecule has 2 aromatic rings. The zero-order chi connectivity index (χ0) is 13.7. The minimum atomic E-state index is 0.610. The average molecular weight is 256 g/mol. The van der Waals surface area contributed by atoms with Crippen molar-refractivity contribution in [3.63, 3.8) is 0 Å². The van der Waals surface area contributed by atoms with Crippen molar-refractivity contribution in [2.75, 3.05) is 17.7 Å². The van der Waals surface area contributed by atoms with Crippen LogP contribution in [0.25, 0.3) is 0 Å². The van der Waals surface area contributed by atoms with E-state index in [1.54, 1.807) is 0 Å². The molecule has 2 aromatic carbocycles. The summed E-state index contributed by atoms with van der Waals surface area (Å²) in [5.74, 6) is 0.724. The van der Waals surface area contributed by atoms with Gasteiger partial charge >= 0.3 is 0 Å². The quantitative estimate of drug-likeness (QED) is 0.796. The van der Waals surface area contributed by atoms with E-state index in [2.05, 4.69) is 30.4 Å². The fourth-order valence-electron chi connectivity index (χ4n) is 2.00. The van der Waals surface area contributed by atoms with Crippen LogP contribution in [-0.4, -0.2) is 6.61 Å². The van der Waals surface area contributed by atoms with Gasteiger partial charge in [-0.1, -0.05) is 25.1 Å². The molecular formula is C16H20N2O. The van der Waals surface area contributed by atoms with Crippen LogP contribution in [0, 0.1) is 0 Å². The third-order valence-electron chi connectivity index (χ3n) is 2.99. The maximum absolute atomic E-state index is 5.87. The van der Waals surface area contributed by atoms with Crippen molar-refractivity contribution >= 4 is 17.1 Å². The minimum Gasteiger partial charge on any atom is -0.492 e. The summed E-state index contributed by atoms with van der Waals surface area (Å²) >= 11 is 0. The number of nitrogen functional groups attached to an aromatic ring is 1. The van der Waals surface area contributed by atoms with Crippen LogP contribution in [0.15, 0.2) is 42.5 Å². The lowest BCUT2D eigenvalue weighted by Crippen LogP contribution is -1.99. The monoisotopic (exact) mass is 256 g/mol. The lowest BCUT2D eigenvalue weighted by Gasteiger charge is -2.13. The summed E-state index contributed by atoms with van der Waals surface area (Å²) < 4.78 is 5.51. The van der Waals surface area contributed by atoms with Gasteiger partial charge in [-0.25, -0.2) is 0 Å². The second kappa shape index (κ2) is 6.14. The Morgan fingerprint density at radius 1 is 1.11 bits per heavy atom. The topological polar surface area (TPSA) is 47.3 Å². The van der Waals surface area contributed by atoms with Crippen LogP contribution in [0.1, 0.15) is 19.4 Å². The molecule has 0 aliphatic heterocycles. The van der Waals surface area contributed by atoms with E-state index in [4.69, 9.17) is 10.5 Å². The van der Waals surface area contributed by atoms with Gasteiger partial charge in [0.05, 0.1) is 12.3 Å². The first-order valence-electron chi connectivity index (χ1n) is 6.61. The molecule has 0 spiro atoms. The van der Waals surface area contributed by atoms with E-state index in [0.29, 0.717) is 12.3 Å². The lowest BCUT2D eigenvalue weighted by molar-refractivity contribution is 0.342. The molecular weight excluding hydrogens is 236 g/mol. The number of para-hydroxylation sites is 1. The first-order valence-corrected chi connectivity index (χ1v) is 6.61. The Hall–Kier alpha value is -2.16. The van der Waals surface area contributed by atoms with Crippen molar-refractivity contribution in [2.45, 2.75) is 20.3 Å². The van der Waals surface area contributed by atoms with E-state index in [0.717, 1.165) is 23.5 Å². The van der Waals surface area contributed by atoms with E-state index in [9.17, 15) is 0 Å². The molecule has 0 aromatic heterocycles. The van der Waals surface area contributed by atoms with Crippen LogP contribution < -0.4 is 15.8 Å². The Morgan fingerprint density at radius 2 is 1.89 bits per heavy atom. The molecule has 3 N–H and O–H groups in total.